The third kappa shape index (κ3) is 4.75. The van der Waals surface area contributed by atoms with Crippen LogP contribution in [0.4, 0.5) is 4.39 Å². The number of thiophene rings is 1. The second-order valence-corrected chi connectivity index (χ2v) is 6.28. The zero-order chi connectivity index (χ0) is 15.2. The highest BCUT2D eigenvalue weighted by molar-refractivity contribution is 9.10. The lowest BCUT2D eigenvalue weighted by Gasteiger charge is -2.06. The van der Waals surface area contributed by atoms with Gasteiger partial charge in [-0.2, -0.15) is 0 Å². The molecule has 2 aromatic rings. The van der Waals surface area contributed by atoms with Gasteiger partial charge in [0.15, 0.2) is 5.78 Å². The molecule has 1 heterocycles. The molecule has 0 saturated heterocycles. The highest BCUT2D eigenvalue weighted by Crippen LogP contribution is 2.15. The summed E-state index contributed by atoms with van der Waals surface area (Å²) in [6.07, 6.45) is 0.268. The van der Waals surface area contributed by atoms with E-state index in [1.807, 2.05) is 5.38 Å². The van der Waals surface area contributed by atoms with Crippen LogP contribution in [0.1, 0.15) is 28.1 Å². The minimum atomic E-state index is -0.376. The molecule has 0 spiro atoms. The molecule has 1 amide bonds. The Hall–Kier alpha value is -1.53. The van der Waals surface area contributed by atoms with Crippen molar-refractivity contribution in [3.8, 4) is 0 Å². The molecular formula is C15H13BrFNO2S. The van der Waals surface area contributed by atoms with Crippen LogP contribution in [0.25, 0.3) is 0 Å². The first-order chi connectivity index (χ1) is 10.1. The highest BCUT2D eigenvalue weighted by Gasteiger charge is 2.10. The summed E-state index contributed by atoms with van der Waals surface area (Å²) >= 11 is 4.53. The molecule has 0 fully saturated rings. The van der Waals surface area contributed by atoms with Crippen molar-refractivity contribution < 1.29 is 14.0 Å². The first-order valence-corrected chi connectivity index (χ1v) is 8.01. The summed E-state index contributed by atoms with van der Waals surface area (Å²) in [5.74, 6) is -0.684. The van der Waals surface area contributed by atoms with Crippen LogP contribution < -0.4 is 5.32 Å². The van der Waals surface area contributed by atoms with Gasteiger partial charge in [-0.25, -0.2) is 4.39 Å². The van der Waals surface area contributed by atoms with Gasteiger partial charge >= 0.3 is 0 Å². The van der Waals surface area contributed by atoms with Gasteiger partial charge in [0, 0.05) is 29.4 Å². The van der Waals surface area contributed by atoms with E-state index < -0.39 is 0 Å². The van der Waals surface area contributed by atoms with Gasteiger partial charge in [0.1, 0.15) is 5.82 Å². The number of benzene rings is 1. The van der Waals surface area contributed by atoms with Crippen molar-refractivity contribution in [2.75, 3.05) is 0 Å². The summed E-state index contributed by atoms with van der Waals surface area (Å²) in [6, 6.07) is 8.21. The molecular weight excluding hydrogens is 357 g/mol. The van der Waals surface area contributed by atoms with Crippen molar-refractivity contribution >= 4 is 39.0 Å². The van der Waals surface area contributed by atoms with Crippen LogP contribution >= 0.6 is 27.3 Å². The first-order valence-electron chi connectivity index (χ1n) is 6.33. The predicted molar refractivity (Wildman–Crippen MR) is 83.8 cm³/mol. The molecule has 1 aromatic carbocycles. The zero-order valence-corrected chi connectivity index (χ0v) is 13.5. The number of rotatable bonds is 6. The van der Waals surface area contributed by atoms with E-state index in [1.54, 1.807) is 24.3 Å². The Morgan fingerprint density at radius 3 is 2.71 bits per heavy atom. The number of hydrogen-bond donors (Lipinski definition) is 1. The predicted octanol–water partition coefficient (Wildman–Crippen LogP) is 3.93. The Kier molecular flexibility index (Phi) is 5.64. The van der Waals surface area contributed by atoms with E-state index in [-0.39, 0.29) is 36.9 Å². The maximum absolute atomic E-state index is 13.6. The van der Waals surface area contributed by atoms with Crippen molar-refractivity contribution in [2.24, 2.45) is 0 Å². The smallest absolute Gasteiger partial charge is 0.220 e. The lowest BCUT2D eigenvalue weighted by Crippen LogP contribution is -2.23. The third-order valence-corrected chi connectivity index (χ3v) is 4.27. The van der Waals surface area contributed by atoms with E-state index in [2.05, 4.69) is 21.2 Å². The first kappa shape index (κ1) is 15.9. The maximum Gasteiger partial charge on any atom is 0.220 e. The Balaban J connectivity index is 1.78. The van der Waals surface area contributed by atoms with Crippen LogP contribution in [0, 0.1) is 5.82 Å². The summed E-state index contributed by atoms with van der Waals surface area (Å²) in [5.41, 5.74) is 0.413. The Bertz CT molecular complexity index is 643. The van der Waals surface area contributed by atoms with Crippen molar-refractivity contribution in [2.45, 2.75) is 19.4 Å². The molecule has 0 bridgehead atoms. The molecule has 0 atom stereocenters. The van der Waals surface area contributed by atoms with Gasteiger partial charge in [-0.15, -0.1) is 11.3 Å². The molecule has 0 aliphatic carbocycles. The quantitative estimate of drug-likeness (QED) is 0.784. The fraction of sp³-hybridized carbons (Fsp3) is 0.200. The van der Waals surface area contributed by atoms with Gasteiger partial charge in [0.25, 0.3) is 0 Å². The minimum absolute atomic E-state index is 0.0463. The molecule has 0 radical (unpaired) electrons. The lowest BCUT2D eigenvalue weighted by molar-refractivity contribution is -0.121. The molecule has 6 heteroatoms. The van der Waals surface area contributed by atoms with E-state index in [4.69, 9.17) is 0 Å². The van der Waals surface area contributed by atoms with E-state index in [9.17, 15) is 14.0 Å². The number of Topliss-reactive ketones (excluding diaryl/α,β-unsaturated/α-hetero) is 1. The molecule has 0 aliphatic rings. The second kappa shape index (κ2) is 7.47. The Morgan fingerprint density at radius 2 is 2.05 bits per heavy atom. The Morgan fingerprint density at radius 1 is 1.24 bits per heavy atom. The summed E-state index contributed by atoms with van der Waals surface area (Å²) in [4.78, 5) is 24.1. The number of hydrogen-bond acceptors (Lipinski definition) is 3. The summed E-state index contributed by atoms with van der Waals surface area (Å²) in [7, 11) is 0. The lowest BCUT2D eigenvalue weighted by atomic mass is 10.1. The van der Waals surface area contributed by atoms with E-state index in [0.29, 0.717) is 14.9 Å². The molecule has 1 aromatic heterocycles. The highest BCUT2D eigenvalue weighted by atomic mass is 79.9. The number of carbonyl (C=O) groups excluding carboxylic acids is 2. The molecule has 21 heavy (non-hydrogen) atoms. The summed E-state index contributed by atoms with van der Waals surface area (Å²) in [5, 5.41) is 4.44. The molecule has 0 aliphatic heterocycles. The number of carbonyl (C=O) groups is 2. The Labute approximate surface area is 134 Å². The molecule has 3 nitrogen and oxygen atoms in total. The number of amides is 1. The van der Waals surface area contributed by atoms with E-state index >= 15 is 0 Å². The molecule has 1 N–H and O–H groups in total. The van der Waals surface area contributed by atoms with Crippen molar-refractivity contribution in [1.82, 2.24) is 5.32 Å². The van der Waals surface area contributed by atoms with Crippen LogP contribution in [-0.4, -0.2) is 11.7 Å². The number of halogens is 2. The SMILES string of the molecule is O=C(CCC(=O)c1cccs1)NCc1ccc(Br)cc1F. The number of nitrogens with one attached hydrogen (secondary N) is 1. The van der Waals surface area contributed by atoms with Gasteiger partial charge in [-0.05, 0) is 23.6 Å². The van der Waals surface area contributed by atoms with Crippen LogP contribution in [0.3, 0.4) is 0 Å². The van der Waals surface area contributed by atoms with Gasteiger partial charge < -0.3 is 5.32 Å². The normalized spacial score (nSPS) is 10.4. The van der Waals surface area contributed by atoms with Crippen molar-refractivity contribution in [1.29, 1.82) is 0 Å². The monoisotopic (exact) mass is 369 g/mol. The minimum Gasteiger partial charge on any atom is -0.352 e. The fourth-order valence-corrected chi connectivity index (χ4v) is 2.76. The average Bonchev–Trinajstić information content (AvgIpc) is 2.98. The van der Waals surface area contributed by atoms with Crippen molar-refractivity contribution in [3.63, 3.8) is 0 Å². The third-order valence-electron chi connectivity index (χ3n) is 2.87. The van der Waals surface area contributed by atoms with Crippen LogP contribution in [0.5, 0.6) is 0 Å². The summed E-state index contributed by atoms with van der Waals surface area (Å²) in [6.45, 7) is 0.116. The summed E-state index contributed by atoms with van der Waals surface area (Å²) < 4.78 is 14.2. The van der Waals surface area contributed by atoms with Gasteiger partial charge in [-0.3, -0.25) is 9.59 Å². The molecule has 2 rings (SSSR count). The van der Waals surface area contributed by atoms with Gasteiger partial charge in [0.2, 0.25) is 5.91 Å². The zero-order valence-electron chi connectivity index (χ0n) is 11.1. The topological polar surface area (TPSA) is 46.2 Å². The van der Waals surface area contributed by atoms with Crippen molar-refractivity contribution in [3.05, 3.63) is 56.4 Å². The van der Waals surface area contributed by atoms with Crippen LogP contribution in [0.15, 0.2) is 40.2 Å². The average molecular weight is 370 g/mol. The molecule has 110 valence electrons. The van der Waals surface area contributed by atoms with Gasteiger partial charge in [-0.1, -0.05) is 28.1 Å². The van der Waals surface area contributed by atoms with Crippen LogP contribution in [-0.2, 0) is 11.3 Å². The van der Waals surface area contributed by atoms with E-state index in [0.717, 1.165) is 0 Å². The fourth-order valence-electron chi connectivity index (χ4n) is 1.73. The molecule has 0 unspecified atom stereocenters. The molecule has 0 saturated carbocycles. The number of ketones is 1. The maximum atomic E-state index is 13.6. The standard InChI is InChI=1S/C15H13BrFNO2S/c16-11-4-3-10(12(17)8-11)9-18-15(20)6-5-13(19)14-2-1-7-21-14/h1-4,7-8H,5-6,9H2,(H,18,20). The second-order valence-electron chi connectivity index (χ2n) is 4.41. The van der Waals surface area contributed by atoms with Crippen LogP contribution in [0.2, 0.25) is 0 Å². The van der Waals surface area contributed by atoms with Gasteiger partial charge in [0.05, 0.1) is 4.88 Å². The largest absolute Gasteiger partial charge is 0.352 e. The van der Waals surface area contributed by atoms with E-state index in [1.165, 1.54) is 17.4 Å².